The van der Waals surface area contributed by atoms with Gasteiger partial charge in [-0.1, -0.05) is 0 Å². The van der Waals surface area contributed by atoms with Crippen molar-refractivity contribution < 1.29 is 34.2 Å². The van der Waals surface area contributed by atoms with Crippen LogP contribution >= 0.6 is 23.5 Å². The number of nitrogens with one attached hydrogen (secondary N) is 2. The van der Waals surface area contributed by atoms with E-state index in [1.807, 2.05) is 0 Å². The first-order valence-electron chi connectivity index (χ1n) is 9.67. The molecule has 2 fully saturated rings. The van der Waals surface area contributed by atoms with Crippen molar-refractivity contribution in [1.29, 1.82) is 0 Å². The second kappa shape index (κ2) is 9.77. The second-order valence-electron chi connectivity index (χ2n) is 7.52. The van der Waals surface area contributed by atoms with Crippen LogP contribution in [0.4, 0.5) is 0 Å². The molecule has 3 heterocycles. The number of nitrogens with zero attached hydrogens (tertiary/aromatic N) is 2. The number of carbonyl (C=O) groups excluding carboxylic acids is 3. The van der Waals surface area contributed by atoms with Crippen molar-refractivity contribution in [3.8, 4) is 0 Å². The van der Waals surface area contributed by atoms with E-state index in [1.54, 1.807) is 24.5 Å². The highest BCUT2D eigenvalue weighted by molar-refractivity contribution is 8.00. The number of fused-ring (bicyclic) bond motifs is 1. The summed E-state index contributed by atoms with van der Waals surface area (Å²) in [6, 6.07) is 3.54. The number of hydrogen-bond donors (Lipinski definition) is 4. The first-order valence-corrected chi connectivity index (χ1v) is 11.7. The highest BCUT2D eigenvalue weighted by Crippen LogP contribution is 2.47. The maximum Gasteiger partial charge on any atom is 0.313 e. The van der Waals surface area contributed by atoms with Gasteiger partial charge < -0.3 is 25.7 Å². The smallest absolute Gasteiger partial charge is 0.313 e. The third-order valence-corrected chi connectivity index (χ3v) is 8.22. The minimum Gasteiger partial charge on any atom is -0.481 e. The number of pyridine rings is 1. The molecule has 3 amide bonds. The molecular formula is C19H22N4O7S2. The summed E-state index contributed by atoms with van der Waals surface area (Å²) in [6.07, 6.45) is 3.29. The molecule has 1 aromatic heterocycles. The molecule has 3 atom stereocenters. The van der Waals surface area contributed by atoms with E-state index >= 15 is 0 Å². The monoisotopic (exact) mass is 482 g/mol. The zero-order chi connectivity index (χ0) is 23.4. The van der Waals surface area contributed by atoms with Gasteiger partial charge in [0.2, 0.25) is 18.0 Å². The average Bonchev–Trinajstić information content (AvgIpc) is 2.77. The van der Waals surface area contributed by atoms with Crippen molar-refractivity contribution in [3.05, 3.63) is 24.5 Å². The lowest BCUT2D eigenvalue weighted by molar-refractivity contribution is -0.169. The summed E-state index contributed by atoms with van der Waals surface area (Å²) in [5.74, 6) is -2.85. The lowest BCUT2D eigenvalue weighted by atomic mass is 9.87. The van der Waals surface area contributed by atoms with Crippen LogP contribution in [0.3, 0.4) is 0 Å². The van der Waals surface area contributed by atoms with Crippen molar-refractivity contribution in [2.75, 3.05) is 18.1 Å². The molecule has 0 spiro atoms. The fourth-order valence-electron chi connectivity index (χ4n) is 3.58. The zero-order valence-corrected chi connectivity index (χ0v) is 18.5. The molecule has 32 heavy (non-hydrogen) atoms. The number of thioether (sulfide) groups is 2. The molecular weight excluding hydrogens is 460 g/mol. The van der Waals surface area contributed by atoms with E-state index in [0.717, 1.165) is 4.90 Å². The molecule has 0 aromatic carbocycles. The van der Waals surface area contributed by atoms with E-state index in [4.69, 9.17) is 5.11 Å². The van der Waals surface area contributed by atoms with Gasteiger partial charge in [0.1, 0.15) is 10.8 Å². The fourth-order valence-corrected chi connectivity index (χ4v) is 6.41. The number of carboxylic acid groups (broad SMARTS) is 2. The van der Waals surface area contributed by atoms with Crippen LogP contribution in [0.25, 0.3) is 0 Å². The minimum atomic E-state index is -1.67. The van der Waals surface area contributed by atoms with Crippen molar-refractivity contribution in [1.82, 2.24) is 20.5 Å². The zero-order valence-electron chi connectivity index (χ0n) is 16.9. The molecule has 2 aliphatic heterocycles. The van der Waals surface area contributed by atoms with Crippen molar-refractivity contribution in [3.63, 3.8) is 0 Å². The van der Waals surface area contributed by atoms with Crippen LogP contribution in [-0.4, -0.2) is 79.3 Å². The summed E-state index contributed by atoms with van der Waals surface area (Å²) in [7, 11) is 0. The second-order valence-corrected chi connectivity index (χ2v) is 9.64. The van der Waals surface area contributed by atoms with E-state index in [9.17, 15) is 29.1 Å². The molecule has 3 rings (SSSR count). The van der Waals surface area contributed by atoms with Crippen molar-refractivity contribution >= 4 is 53.7 Å². The van der Waals surface area contributed by atoms with Gasteiger partial charge in [-0.2, -0.15) is 0 Å². The van der Waals surface area contributed by atoms with Crippen molar-refractivity contribution in [2.45, 2.75) is 35.2 Å². The Kier molecular flexibility index (Phi) is 7.29. The summed E-state index contributed by atoms with van der Waals surface area (Å²) < 4.78 is 0. The SMILES string of the molecule is O=CNC1(NC(=O)CCCC(=O)O)C(=O)N2CC(CSc3ccncc3)(C(=O)O)CS[C@@H]21. The predicted molar refractivity (Wildman–Crippen MR) is 115 cm³/mol. The highest BCUT2D eigenvalue weighted by atomic mass is 32.2. The standard InChI is InChI=1S/C19H22N4O7S2/c24-11-21-19(22-13(25)2-1-3-14(26)27)15(28)23-8-18(17(29)30,10-32-16(19)23)9-31-12-4-6-20-7-5-12/h4-7,11,16H,1-3,8-10H2,(H,21,24)(H,22,25)(H,26,27)(H,29,30)/t16-,18?,19?/m1/s1. The molecule has 0 aliphatic carbocycles. The largest absolute Gasteiger partial charge is 0.481 e. The Morgan fingerprint density at radius 3 is 2.62 bits per heavy atom. The number of β-lactam (4-membered cyclic amide) rings is 1. The van der Waals surface area contributed by atoms with Gasteiger partial charge in [0.15, 0.2) is 0 Å². The summed E-state index contributed by atoms with van der Waals surface area (Å²) >= 11 is 2.53. The summed E-state index contributed by atoms with van der Waals surface area (Å²) in [5, 5.41) is 22.9. The van der Waals surface area contributed by atoms with Crippen LogP contribution < -0.4 is 10.6 Å². The van der Waals surface area contributed by atoms with E-state index in [-0.39, 0.29) is 37.3 Å². The lowest BCUT2D eigenvalue weighted by Gasteiger charge is -2.59. The van der Waals surface area contributed by atoms with Crippen LogP contribution in [0, 0.1) is 5.41 Å². The van der Waals surface area contributed by atoms with E-state index < -0.39 is 40.2 Å². The number of amides is 3. The summed E-state index contributed by atoms with van der Waals surface area (Å²) in [4.78, 5) is 65.4. The van der Waals surface area contributed by atoms with Crippen LogP contribution in [-0.2, 0) is 24.0 Å². The predicted octanol–water partition coefficient (Wildman–Crippen LogP) is -0.0268. The van der Waals surface area contributed by atoms with Gasteiger partial charge in [0.05, 0.1) is 0 Å². The van der Waals surface area contributed by atoms with Crippen LogP contribution in [0.15, 0.2) is 29.4 Å². The van der Waals surface area contributed by atoms with Gasteiger partial charge in [0, 0.05) is 48.2 Å². The van der Waals surface area contributed by atoms with Gasteiger partial charge in [-0.15, -0.1) is 23.5 Å². The molecule has 0 saturated carbocycles. The first kappa shape index (κ1) is 23.9. The van der Waals surface area contributed by atoms with Crippen LogP contribution in [0.5, 0.6) is 0 Å². The first-order chi connectivity index (χ1) is 15.2. The maximum absolute atomic E-state index is 13.0. The highest BCUT2D eigenvalue weighted by Gasteiger charge is 2.66. The molecule has 172 valence electrons. The number of aromatic nitrogens is 1. The quantitative estimate of drug-likeness (QED) is 0.146. The minimum absolute atomic E-state index is 0.0614. The molecule has 11 nitrogen and oxygen atoms in total. The number of carbonyl (C=O) groups is 5. The Hall–Kier alpha value is -2.80. The Labute approximate surface area is 191 Å². The Morgan fingerprint density at radius 1 is 1.28 bits per heavy atom. The van der Waals surface area contributed by atoms with Gasteiger partial charge in [0.25, 0.3) is 5.91 Å². The molecule has 2 aliphatic rings. The number of aliphatic carboxylic acids is 2. The topological polar surface area (TPSA) is 166 Å². The molecule has 1 aromatic rings. The Morgan fingerprint density at radius 2 is 2.00 bits per heavy atom. The van der Waals surface area contributed by atoms with Crippen LogP contribution in [0.1, 0.15) is 19.3 Å². The summed E-state index contributed by atoms with van der Waals surface area (Å²) in [5.41, 5.74) is -2.88. The van der Waals surface area contributed by atoms with E-state index in [1.165, 1.54) is 28.4 Å². The Bertz CT molecular complexity index is 918. The van der Waals surface area contributed by atoms with Gasteiger partial charge in [-0.05, 0) is 18.6 Å². The lowest BCUT2D eigenvalue weighted by Crippen LogP contribution is -2.86. The molecule has 2 unspecified atom stereocenters. The summed E-state index contributed by atoms with van der Waals surface area (Å²) in [6.45, 7) is -0.0614. The Balaban J connectivity index is 1.70. The average molecular weight is 483 g/mol. The molecule has 0 bridgehead atoms. The fraction of sp³-hybridized carbons (Fsp3) is 0.474. The number of carboxylic acids is 2. The van der Waals surface area contributed by atoms with Crippen LogP contribution in [0.2, 0.25) is 0 Å². The molecule has 0 radical (unpaired) electrons. The third kappa shape index (κ3) is 4.67. The van der Waals surface area contributed by atoms with Gasteiger partial charge in [-0.3, -0.25) is 29.0 Å². The third-order valence-electron chi connectivity index (χ3n) is 5.28. The molecule has 2 saturated heterocycles. The van der Waals surface area contributed by atoms with Gasteiger partial charge >= 0.3 is 11.9 Å². The molecule has 4 N–H and O–H groups in total. The van der Waals surface area contributed by atoms with Crippen molar-refractivity contribution in [2.24, 2.45) is 5.41 Å². The number of hydrogen-bond acceptors (Lipinski definition) is 8. The van der Waals surface area contributed by atoms with E-state index in [0.29, 0.717) is 6.41 Å². The molecule has 13 heteroatoms. The maximum atomic E-state index is 13.0. The number of rotatable bonds is 11. The van der Waals surface area contributed by atoms with Gasteiger partial charge in [-0.25, -0.2) is 0 Å². The van der Waals surface area contributed by atoms with E-state index in [2.05, 4.69) is 15.6 Å². The normalized spacial score (nSPS) is 26.4.